The van der Waals surface area contributed by atoms with Gasteiger partial charge in [-0.3, -0.25) is 4.79 Å². The van der Waals surface area contributed by atoms with E-state index in [4.69, 9.17) is 0 Å². The van der Waals surface area contributed by atoms with Crippen molar-refractivity contribution in [2.75, 3.05) is 26.7 Å². The SMILES string of the molecule is CCCCCCCCCCCCCCCCCC[N+](C)(CCCCCCCCCCCCCCCCCC)CC(=O)CCCCC. The van der Waals surface area contributed by atoms with Gasteiger partial charge in [0.2, 0.25) is 0 Å². The third-order valence-corrected chi connectivity index (χ3v) is 10.7. The number of nitrogens with zero attached hydrogens (tertiary/aromatic N) is 1. The summed E-state index contributed by atoms with van der Waals surface area (Å²) in [5.74, 6) is 0.518. The van der Waals surface area contributed by atoms with Crippen LogP contribution in [0.1, 0.15) is 252 Å². The summed E-state index contributed by atoms with van der Waals surface area (Å²) in [5, 5.41) is 0. The fourth-order valence-corrected chi connectivity index (χ4v) is 7.43. The minimum atomic E-state index is 0.518. The topological polar surface area (TPSA) is 17.1 Å². The van der Waals surface area contributed by atoms with Gasteiger partial charge in [0.15, 0.2) is 5.78 Å². The Kier molecular flexibility index (Phi) is 37.1. The first-order chi connectivity index (χ1) is 22.6. The lowest BCUT2D eigenvalue weighted by Crippen LogP contribution is -2.49. The highest BCUT2D eigenvalue weighted by Gasteiger charge is 2.24. The highest BCUT2D eigenvalue weighted by Crippen LogP contribution is 2.18. The van der Waals surface area contributed by atoms with E-state index in [9.17, 15) is 4.79 Å². The summed E-state index contributed by atoms with van der Waals surface area (Å²) >= 11 is 0. The molecule has 0 N–H and O–H groups in total. The van der Waals surface area contributed by atoms with Gasteiger partial charge in [-0.05, 0) is 32.1 Å². The van der Waals surface area contributed by atoms with Crippen LogP contribution in [0.5, 0.6) is 0 Å². The van der Waals surface area contributed by atoms with Crippen molar-refractivity contribution in [2.45, 2.75) is 252 Å². The molecule has 0 aromatic carbocycles. The van der Waals surface area contributed by atoms with Gasteiger partial charge >= 0.3 is 0 Å². The number of quaternary nitrogens is 1. The number of Topliss-reactive ketones (excluding diaryl/α,β-unsaturated/α-hetero) is 1. The molecule has 0 amide bonds. The molecule has 0 aromatic heterocycles. The highest BCUT2D eigenvalue weighted by molar-refractivity contribution is 5.79. The molecular weight excluding hydrogens is 558 g/mol. The Labute approximate surface area is 293 Å². The molecule has 0 unspecified atom stereocenters. The first-order valence-corrected chi connectivity index (χ1v) is 21.9. The fraction of sp³-hybridized carbons (Fsp3) is 0.977. The monoisotopic (exact) mass is 649 g/mol. The molecule has 0 aliphatic rings. The van der Waals surface area contributed by atoms with Gasteiger partial charge in [-0.25, -0.2) is 0 Å². The number of likely N-dealkylation sites (N-methyl/N-ethyl adjacent to an activating group) is 1. The molecule has 0 atom stereocenters. The van der Waals surface area contributed by atoms with Crippen molar-refractivity contribution in [1.82, 2.24) is 0 Å². The standard InChI is InChI=1S/C44H90NO/c1-5-8-11-13-15-17-19-21-23-25-27-29-31-33-35-38-41-45(4,43-44(46)40-37-10-7-3)42-39-36-34-32-30-28-26-24-22-20-18-16-14-12-9-6-2/h5-43H2,1-4H3/q+1. The number of unbranched alkanes of at least 4 members (excludes halogenated alkanes) is 32. The summed E-state index contributed by atoms with van der Waals surface area (Å²) in [5.41, 5.74) is 0. The maximum Gasteiger partial charge on any atom is 0.186 e. The van der Waals surface area contributed by atoms with Gasteiger partial charge in [0, 0.05) is 6.42 Å². The van der Waals surface area contributed by atoms with Crippen molar-refractivity contribution >= 4 is 5.78 Å². The van der Waals surface area contributed by atoms with Crippen LogP contribution < -0.4 is 0 Å². The molecule has 0 heterocycles. The molecule has 0 radical (unpaired) electrons. The van der Waals surface area contributed by atoms with Gasteiger partial charge < -0.3 is 4.48 Å². The Morgan fingerprint density at radius 3 is 0.804 bits per heavy atom. The zero-order valence-electron chi connectivity index (χ0n) is 32.9. The van der Waals surface area contributed by atoms with E-state index in [1.807, 2.05) is 0 Å². The van der Waals surface area contributed by atoms with Crippen LogP contribution in [0.4, 0.5) is 0 Å². The lowest BCUT2D eigenvalue weighted by atomic mass is 10.0. The number of hydrogen-bond acceptors (Lipinski definition) is 1. The van der Waals surface area contributed by atoms with Crippen LogP contribution in [-0.4, -0.2) is 36.9 Å². The predicted molar refractivity (Wildman–Crippen MR) is 209 cm³/mol. The van der Waals surface area contributed by atoms with E-state index >= 15 is 0 Å². The Morgan fingerprint density at radius 1 is 0.326 bits per heavy atom. The summed E-state index contributed by atoms with van der Waals surface area (Å²) in [6.07, 6.45) is 49.9. The number of ketones is 1. The van der Waals surface area contributed by atoms with Crippen molar-refractivity contribution in [3.63, 3.8) is 0 Å². The van der Waals surface area contributed by atoms with Crippen molar-refractivity contribution in [1.29, 1.82) is 0 Å². The van der Waals surface area contributed by atoms with E-state index in [1.54, 1.807) is 0 Å². The summed E-state index contributed by atoms with van der Waals surface area (Å²) in [7, 11) is 2.40. The van der Waals surface area contributed by atoms with Gasteiger partial charge in [0.25, 0.3) is 0 Å². The van der Waals surface area contributed by atoms with E-state index in [1.165, 1.54) is 231 Å². The van der Waals surface area contributed by atoms with E-state index in [-0.39, 0.29) is 0 Å². The zero-order chi connectivity index (χ0) is 33.7. The van der Waals surface area contributed by atoms with Crippen molar-refractivity contribution < 1.29 is 9.28 Å². The Bertz CT molecular complexity index is 550. The lowest BCUT2D eigenvalue weighted by molar-refractivity contribution is -0.902. The second-order valence-electron chi connectivity index (χ2n) is 15.8. The van der Waals surface area contributed by atoms with E-state index in [0.717, 1.165) is 23.9 Å². The maximum atomic E-state index is 12.9. The predicted octanol–water partition coefficient (Wildman–Crippen LogP) is 15.1. The second kappa shape index (κ2) is 37.4. The van der Waals surface area contributed by atoms with Gasteiger partial charge in [-0.2, -0.15) is 0 Å². The molecule has 0 aliphatic heterocycles. The summed E-state index contributed by atoms with van der Waals surface area (Å²) in [6.45, 7) is 10.0. The second-order valence-corrected chi connectivity index (χ2v) is 15.8. The molecule has 2 nitrogen and oxygen atoms in total. The Hall–Kier alpha value is -0.370. The maximum absolute atomic E-state index is 12.9. The number of carbonyl (C=O) groups is 1. The smallest absolute Gasteiger partial charge is 0.186 e. The largest absolute Gasteiger partial charge is 0.320 e. The van der Waals surface area contributed by atoms with E-state index < -0.39 is 0 Å². The zero-order valence-corrected chi connectivity index (χ0v) is 32.9. The van der Waals surface area contributed by atoms with Crippen LogP contribution in [0, 0.1) is 0 Å². The number of hydrogen-bond donors (Lipinski definition) is 0. The molecule has 0 aromatic rings. The fourth-order valence-electron chi connectivity index (χ4n) is 7.43. The van der Waals surface area contributed by atoms with Gasteiger partial charge in [0.05, 0.1) is 20.1 Å². The lowest BCUT2D eigenvalue weighted by Gasteiger charge is -2.34. The van der Waals surface area contributed by atoms with Crippen LogP contribution >= 0.6 is 0 Å². The van der Waals surface area contributed by atoms with Gasteiger partial charge in [0.1, 0.15) is 6.54 Å². The molecule has 2 heteroatoms. The minimum Gasteiger partial charge on any atom is -0.320 e. The average Bonchev–Trinajstić information content (AvgIpc) is 3.04. The normalized spacial score (nSPS) is 11.9. The van der Waals surface area contributed by atoms with Crippen LogP contribution in [0.25, 0.3) is 0 Å². The number of carbonyl (C=O) groups excluding carboxylic acids is 1. The molecule has 46 heavy (non-hydrogen) atoms. The first kappa shape index (κ1) is 45.6. The molecule has 0 fully saturated rings. The van der Waals surface area contributed by atoms with Crippen molar-refractivity contribution in [3.05, 3.63) is 0 Å². The molecule has 276 valence electrons. The summed E-state index contributed by atoms with van der Waals surface area (Å²) in [6, 6.07) is 0. The molecule has 0 spiro atoms. The van der Waals surface area contributed by atoms with E-state index in [0.29, 0.717) is 5.78 Å². The Morgan fingerprint density at radius 2 is 0.543 bits per heavy atom. The van der Waals surface area contributed by atoms with Crippen LogP contribution in [0.15, 0.2) is 0 Å². The van der Waals surface area contributed by atoms with E-state index in [2.05, 4.69) is 27.8 Å². The third-order valence-electron chi connectivity index (χ3n) is 10.7. The van der Waals surface area contributed by atoms with Gasteiger partial charge in [-0.15, -0.1) is 0 Å². The average molecular weight is 649 g/mol. The minimum absolute atomic E-state index is 0.518. The molecule has 0 saturated heterocycles. The Balaban J connectivity index is 3.93. The number of rotatable bonds is 40. The summed E-state index contributed by atoms with van der Waals surface area (Å²) < 4.78 is 1.00. The highest BCUT2D eigenvalue weighted by atomic mass is 16.1. The first-order valence-electron chi connectivity index (χ1n) is 21.9. The molecule has 0 aliphatic carbocycles. The molecule has 0 bridgehead atoms. The molecular formula is C44H90NO+. The van der Waals surface area contributed by atoms with Crippen molar-refractivity contribution in [3.8, 4) is 0 Å². The third kappa shape index (κ3) is 35.0. The van der Waals surface area contributed by atoms with Crippen LogP contribution in [0.3, 0.4) is 0 Å². The van der Waals surface area contributed by atoms with Crippen LogP contribution in [0.2, 0.25) is 0 Å². The quantitative estimate of drug-likeness (QED) is 0.0477. The molecule has 0 saturated carbocycles. The van der Waals surface area contributed by atoms with Gasteiger partial charge in [-0.1, -0.05) is 213 Å². The van der Waals surface area contributed by atoms with Crippen LogP contribution in [-0.2, 0) is 4.79 Å². The summed E-state index contributed by atoms with van der Waals surface area (Å²) in [4.78, 5) is 12.9. The van der Waals surface area contributed by atoms with Crippen molar-refractivity contribution in [2.24, 2.45) is 0 Å². The molecule has 0 rings (SSSR count).